The molecule has 1 N–H and O–H groups in total. The van der Waals surface area contributed by atoms with E-state index < -0.39 is 0 Å². The standard InChI is InChI=1S/C17H21NO3/c1-12-10-18(7-8-21-12)11-16-15-9-14(20-2)5-3-13(15)4-6-17(16)19/h3-6,9,12,19H,7-8,10-11H2,1-2H3/t12-/m1/s1. The zero-order valence-corrected chi connectivity index (χ0v) is 12.5. The number of ether oxygens (including phenoxy) is 2. The number of morpholine rings is 1. The van der Waals surface area contributed by atoms with Crippen LogP contribution in [0.1, 0.15) is 12.5 Å². The Hall–Kier alpha value is -1.78. The number of phenolic OH excluding ortho intramolecular Hbond substituents is 1. The summed E-state index contributed by atoms with van der Waals surface area (Å²) < 4.78 is 10.9. The van der Waals surface area contributed by atoms with Gasteiger partial charge in [-0.1, -0.05) is 12.1 Å². The number of hydrogen-bond donors (Lipinski definition) is 1. The number of hydrogen-bond acceptors (Lipinski definition) is 4. The van der Waals surface area contributed by atoms with Crippen molar-refractivity contribution >= 4 is 10.8 Å². The summed E-state index contributed by atoms with van der Waals surface area (Å²) >= 11 is 0. The van der Waals surface area contributed by atoms with Gasteiger partial charge in [-0.25, -0.2) is 0 Å². The zero-order valence-electron chi connectivity index (χ0n) is 12.5. The van der Waals surface area contributed by atoms with E-state index in [9.17, 15) is 5.11 Å². The molecule has 0 aliphatic carbocycles. The zero-order chi connectivity index (χ0) is 14.8. The highest BCUT2D eigenvalue weighted by Crippen LogP contribution is 2.31. The number of fused-ring (bicyclic) bond motifs is 1. The molecule has 2 aromatic rings. The van der Waals surface area contributed by atoms with Gasteiger partial charge in [-0.15, -0.1) is 0 Å². The summed E-state index contributed by atoms with van der Waals surface area (Å²) in [6, 6.07) is 9.68. The maximum Gasteiger partial charge on any atom is 0.120 e. The van der Waals surface area contributed by atoms with Gasteiger partial charge in [0, 0.05) is 25.2 Å². The van der Waals surface area contributed by atoms with Gasteiger partial charge in [0.25, 0.3) is 0 Å². The molecule has 1 aliphatic heterocycles. The number of benzene rings is 2. The second-order valence-electron chi connectivity index (χ2n) is 5.57. The highest BCUT2D eigenvalue weighted by molar-refractivity contribution is 5.88. The monoisotopic (exact) mass is 287 g/mol. The predicted molar refractivity (Wildman–Crippen MR) is 82.9 cm³/mol. The van der Waals surface area contributed by atoms with E-state index in [1.165, 1.54) is 0 Å². The van der Waals surface area contributed by atoms with E-state index in [-0.39, 0.29) is 6.10 Å². The van der Waals surface area contributed by atoms with Gasteiger partial charge in [0.2, 0.25) is 0 Å². The Morgan fingerprint density at radius 1 is 1.33 bits per heavy atom. The number of methoxy groups -OCH3 is 1. The number of phenols is 1. The van der Waals surface area contributed by atoms with Gasteiger partial charge >= 0.3 is 0 Å². The Morgan fingerprint density at radius 3 is 2.90 bits per heavy atom. The molecule has 0 unspecified atom stereocenters. The van der Waals surface area contributed by atoms with Crippen molar-refractivity contribution in [3.05, 3.63) is 35.9 Å². The molecule has 2 aromatic carbocycles. The van der Waals surface area contributed by atoms with Crippen molar-refractivity contribution in [3.63, 3.8) is 0 Å². The van der Waals surface area contributed by atoms with E-state index in [1.807, 2.05) is 24.3 Å². The molecular weight excluding hydrogens is 266 g/mol. The first-order valence-electron chi connectivity index (χ1n) is 7.30. The summed E-state index contributed by atoms with van der Waals surface area (Å²) in [4.78, 5) is 2.32. The van der Waals surface area contributed by atoms with Crippen LogP contribution in [0.15, 0.2) is 30.3 Å². The molecule has 0 aromatic heterocycles. The van der Waals surface area contributed by atoms with Gasteiger partial charge in [-0.3, -0.25) is 4.90 Å². The van der Waals surface area contributed by atoms with Gasteiger partial charge in [-0.2, -0.15) is 0 Å². The summed E-state index contributed by atoms with van der Waals surface area (Å²) in [5.74, 6) is 1.15. The molecule has 4 heteroatoms. The van der Waals surface area contributed by atoms with E-state index >= 15 is 0 Å². The van der Waals surface area contributed by atoms with Crippen LogP contribution >= 0.6 is 0 Å². The van der Waals surface area contributed by atoms with Crippen LogP contribution in [0.25, 0.3) is 10.8 Å². The smallest absolute Gasteiger partial charge is 0.120 e. The van der Waals surface area contributed by atoms with Crippen molar-refractivity contribution in [1.29, 1.82) is 0 Å². The Bertz CT molecular complexity index is 641. The van der Waals surface area contributed by atoms with Crippen LogP contribution in [0.5, 0.6) is 11.5 Å². The van der Waals surface area contributed by atoms with E-state index in [0.29, 0.717) is 5.75 Å². The molecule has 0 saturated carbocycles. The third-order valence-corrected chi connectivity index (χ3v) is 4.02. The van der Waals surface area contributed by atoms with Gasteiger partial charge < -0.3 is 14.6 Å². The van der Waals surface area contributed by atoms with Crippen molar-refractivity contribution in [3.8, 4) is 11.5 Å². The minimum atomic E-state index is 0.241. The minimum Gasteiger partial charge on any atom is -0.508 e. The van der Waals surface area contributed by atoms with Crippen molar-refractivity contribution < 1.29 is 14.6 Å². The lowest BCUT2D eigenvalue weighted by Gasteiger charge is -2.31. The average molecular weight is 287 g/mol. The summed E-state index contributed by atoms with van der Waals surface area (Å²) in [7, 11) is 1.66. The van der Waals surface area contributed by atoms with Crippen LogP contribution in [0.3, 0.4) is 0 Å². The molecule has 0 bridgehead atoms. The normalized spacial score (nSPS) is 19.8. The van der Waals surface area contributed by atoms with Crippen molar-refractivity contribution in [2.45, 2.75) is 19.6 Å². The van der Waals surface area contributed by atoms with E-state index in [1.54, 1.807) is 13.2 Å². The maximum absolute atomic E-state index is 10.3. The van der Waals surface area contributed by atoms with E-state index in [0.717, 1.165) is 48.3 Å². The van der Waals surface area contributed by atoms with Gasteiger partial charge in [0.1, 0.15) is 11.5 Å². The lowest BCUT2D eigenvalue weighted by atomic mass is 10.0. The van der Waals surface area contributed by atoms with Crippen LogP contribution in [0.4, 0.5) is 0 Å². The van der Waals surface area contributed by atoms with Crippen molar-refractivity contribution in [2.24, 2.45) is 0 Å². The highest BCUT2D eigenvalue weighted by atomic mass is 16.5. The van der Waals surface area contributed by atoms with Crippen LogP contribution in [-0.2, 0) is 11.3 Å². The Morgan fingerprint density at radius 2 is 2.14 bits per heavy atom. The van der Waals surface area contributed by atoms with Crippen molar-refractivity contribution in [1.82, 2.24) is 4.90 Å². The quantitative estimate of drug-likeness (QED) is 0.942. The van der Waals surface area contributed by atoms with E-state index in [2.05, 4.69) is 11.8 Å². The Kier molecular flexibility index (Phi) is 3.99. The topological polar surface area (TPSA) is 41.9 Å². The molecular formula is C17H21NO3. The first kappa shape index (κ1) is 14.2. The summed E-state index contributed by atoms with van der Waals surface area (Å²) in [6.45, 7) is 5.34. The summed E-state index contributed by atoms with van der Waals surface area (Å²) in [5, 5.41) is 12.4. The number of nitrogens with zero attached hydrogens (tertiary/aromatic N) is 1. The molecule has 112 valence electrons. The lowest BCUT2D eigenvalue weighted by Crippen LogP contribution is -2.40. The van der Waals surface area contributed by atoms with Crippen LogP contribution in [-0.4, -0.2) is 42.9 Å². The number of aromatic hydroxyl groups is 1. The fourth-order valence-corrected chi connectivity index (χ4v) is 2.90. The fourth-order valence-electron chi connectivity index (χ4n) is 2.90. The predicted octanol–water partition coefficient (Wildman–Crippen LogP) is 2.77. The average Bonchev–Trinajstić information content (AvgIpc) is 2.50. The van der Waals surface area contributed by atoms with Crippen molar-refractivity contribution in [2.75, 3.05) is 26.8 Å². The third-order valence-electron chi connectivity index (χ3n) is 4.02. The Labute approximate surface area is 124 Å². The second kappa shape index (κ2) is 5.92. The molecule has 1 atom stereocenters. The molecule has 1 saturated heterocycles. The van der Waals surface area contributed by atoms with Gasteiger partial charge in [-0.05, 0) is 35.9 Å². The molecule has 1 aliphatic rings. The largest absolute Gasteiger partial charge is 0.508 e. The van der Waals surface area contributed by atoms with Crippen LogP contribution in [0.2, 0.25) is 0 Å². The summed E-state index contributed by atoms with van der Waals surface area (Å²) in [5.41, 5.74) is 0.959. The molecule has 21 heavy (non-hydrogen) atoms. The molecule has 1 fully saturated rings. The third kappa shape index (κ3) is 2.96. The number of rotatable bonds is 3. The maximum atomic E-state index is 10.3. The molecule has 4 nitrogen and oxygen atoms in total. The first-order valence-corrected chi connectivity index (χ1v) is 7.30. The summed E-state index contributed by atoms with van der Waals surface area (Å²) in [6.07, 6.45) is 0.241. The van der Waals surface area contributed by atoms with Gasteiger partial charge in [0.15, 0.2) is 0 Å². The molecule has 0 spiro atoms. The molecule has 0 radical (unpaired) electrons. The second-order valence-corrected chi connectivity index (χ2v) is 5.57. The molecule has 0 amide bonds. The first-order chi connectivity index (χ1) is 10.2. The molecule has 1 heterocycles. The SMILES string of the molecule is COc1ccc2ccc(O)c(CN3CCO[C@H](C)C3)c2c1. The highest BCUT2D eigenvalue weighted by Gasteiger charge is 2.19. The van der Waals surface area contributed by atoms with Crippen LogP contribution in [0, 0.1) is 0 Å². The Balaban J connectivity index is 1.97. The van der Waals surface area contributed by atoms with Gasteiger partial charge in [0.05, 0.1) is 19.8 Å². The lowest BCUT2D eigenvalue weighted by molar-refractivity contribution is -0.0212. The van der Waals surface area contributed by atoms with E-state index in [4.69, 9.17) is 9.47 Å². The molecule has 3 rings (SSSR count). The fraction of sp³-hybridized carbons (Fsp3) is 0.412. The minimum absolute atomic E-state index is 0.241. The van der Waals surface area contributed by atoms with Crippen LogP contribution < -0.4 is 4.74 Å².